The molecule has 2 heterocycles. The number of carbonyl (C=O) groups excluding carboxylic acids is 1. The Bertz CT molecular complexity index is 553. The van der Waals surface area contributed by atoms with Gasteiger partial charge in [0.05, 0.1) is 22.2 Å². The first-order chi connectivity index (χ1) is 12.7. The van der Waals surface area contributed by atoms with Crippen molar-refractivity contribution in [1.82, 2.24) is 10.2 Å². The fourth-order valence-electron chi connectivity index (χ4n) is 3.54. The summed E-state index contributed by atoms with van der Waals surface area (Å²) in [4.78, 5) is 19.5. The van der Waals surface area contributed by atoms with Crippen molar-refractivity contribution in [2.75, 3.05) is 32.8 Å². The van der Waals surface area contributed by atoms with Gasteiger partial charge in [-0.3, -0.25) is 14.7 Å². The number of carbonyl (C=O) groups is 1. The number of β-amino-alcohol motifs (C(OH)–C–C–N with tert-alkyl or cyclic N) is 1. The van der Waals surface area contributed by atoms with E-state index in [1.807, 2.05) is 6.92 Å². The molecule has 2 aliphatic rings. The van der Waals surface area contributed by atoms with Crippen molar-refractivity contribution in [3.63, 3.8) is 0 Å². The summed E-state index contributed by atoms with van der Waals surface area (Å²) in [6.07, 6.45) is 2.06. The fraction of sp³-hybridized carbons (Fsp3) is 0.800. The highest BCUT2D eigenvalue weighted by Crippen LogP contribution is 2.29. The second-order valence-corrected chi connectivity index (χ2v) is 9.54. The molecule has 27 heavy (non-hydrogen) atoms. The quantitative estimate of drug-likeness (QED) is 0.532. The summed E-state index contributed by atoms with van der Waals surface area (Å²) in [5.41, 5.74) is -0.0903. The maximum atomic E-state index is 12.8. The normalized spacial score (nSPS) is 25.6. The fourth-order valence-corrected chi connectivity index (χ4v) is 4.43. The van der Waals surface area contributed by atoms with Crippen LogP contribution in [-0.2, 0) is 9.53 Å². The topological polar surface area (TPSA) is 74.2 Å². The van der Waals surface area contributed by atoms with E-state index in [1.165, 1.54) is 11.8 Å². The number of nitrogens with zero attached hydrogens (tertiary/aromatic N) is 2. The molecule has 154 valence electrons. The van der Waals surface area contributed by atoms with Gasteiger partial charge in [-0.15, -0.1) is 0 Å². The smallest absolute Gasteiger partial charge is 0.242 e. The lowest BCUT2D eigenvalue weighted by molar-refractivity contribution is -0.124. The Balaban J connectivity index is 1.93. The van der Waals surface area contributed by atoms with Crippen LogP contribution in [0.3, 0.4) is 0 Å². The number of hydrogen-bond acceptors (Lipinski definition) is 6. The third-order valence-electron chi connectivity index (χ3n) is 4.94. The molecule has 0 aromatic carbocycles. The number of likely N-dealkylation sites (tertiary alicyclic amines) is 1. The van der Waals surface area contributed by atoms with E-state index in [1.54, 1.807) is 0 Å². The third-order valence-corrected chi connectivity index (χ3v) is 6.23. The average molecular weight is 398 g/mol. The predicted molar refractivity (Wildman–Crippen MR) is 112 cm³/mol. The minimum atomic E-state index is -0.451. The van der Waals surface area contributed by atoms with Crippen LogP contribution in [0.5, 0.6) is 0 Å². The summed E-state index contributed by atoms with van der Waals surface area (Å²) in [5, 5.41) is 14.6. The summed E-state index contributed by atoms with van der Waals surface area (Å²) >= 11 is 1.43. The minimum absolute atomic E-state index is 0.0825. The molecule has 2 aliphatic heterocycles. The van der Waals surface area contributed by atoms with Crippen molar-refractivity contribution >= 4 is 22.7 Å². The lowest BCUT2D eigenvalue weighted by atomic mass is 9.99. The molecule has 2 N–H and O–H groups in total. The molecule has 0 aliphatic carbocycles. The van der Waals surface area contributed by atoms with Crippen molar-refractivity contribution in [2.24, 2.45) is 16.3 Å². The van der Waals surface area contributed by atoms with E-state index in [0.29, 0.717) is 30.5 Å². The second-order valence-electron chi connectivity index (χ2n) is 8.46. The van der Waals surface area contributed by atoms with Gasteiger partial charge in [0.2, 0.25) is 5.91 Å². The zero-order valence-corrected chi connectivity index (χ0v) is 18.0. The Labute approximate surface area is 167 Å². The van der Waals surface area contributed by atoms with Crippen molar-refractivity contribution < 1.29 is 14.6 Å². The molecular weight excluding hydrogens is 362 g/mol. The number of aliphatic imine (C=N–C) groups is 1. The van der Waals surface area contributed by atoms with Crippen LogP contribution in [0.25, 0.3) is 0 Å². The lowest BCUT2D eigenvalue weighted by Gasteiger charge is -2.30. The van der Waals surface area contributed by atoms with Crippen molar-refractivity contribution in [1.29, 1.82) is 0 Å². The number of aliphatic hydroxyl groups is 1. The van der Waals surface area contributed by atoms with Crippen LogP contribution >= 0.6 is 11.8 Å². The van der Waals surface area contributed by atoms with E-state index >= 15 is 0 Å². The van der Waals surface area contributed by atoms with E-state index in [-0.39, 0.29) is 17.4 Å². The maximum Gasteiger partial charge on any atom is 0.242 e. The van der Waals surface area contributed by atoms with Crippen LogP contribution in [0.4, 0.5) is 0 Å². The van der Waals surface area contributed by atoms with Gasteiger partial charge in [0.1, 0.15) is 0 Å². The van der Waals surface area contributed by atoms with Gasteiger partial charge in [0.25, 0.3) is 0 Å². The van der Waals surface area contributed by atoms with Crippen LogP contribution in [0.15, 0.2) is 16.6 Å². The monoisotopic (exact) mass is 397 g/mol. The second kappa shape index (κ2) is 10.0. The summed E-state index contributed by atoms with van der Waals surface area (Å²) in [6.45, 7) is 16.0. The van der Waals surface area contributed by atoms with Gasteiger partial charge in [-0.2, -0.15) is 0 Å². The average Bonchev–Trinajstić information content (AvgIpc) is 2.95. The van der Waals surface area contributed by atoms with Crippen LogP contribution in [0, 0.1) is 11.3 Å². The Kier molecular flexibility index (Phi) is 8.34. The molecule has 2 unspecified atom stereocenters. The van der Waals surface area contributed by atoms with Crippen molar-refractivity contribution in [3.8, 4) is 0 Å². The largest absolute Gasteiger partial charge is 0.392 e. The molecule has 7 heteroatoms. The molecule has 2 atom stereocenters. The molecular formula is C20H35N3O3S. The molecule has 0 bridgehead atoms. The highest BCUT2D eigenvalue weighted by Gasteiger charge is 2.37. The predicted octanol–water partition coefficient (Wildman–Crippen LogP) is 2.63. The lowest BCUT2D eigenvalue weighted by Crippen LogP contribution is -2.45. The van der Waals surface area contributed by atoms with Crippen LogP contribution in [-0.4, -0.2) is 66.0 Å². The Morgan fingerprint density at radius 1 is 1.37 bits per heavy atom. The van der Waals surface area contributed by atoms with Crippen LogP contribution < -0.4 is 5.32 Å². The number of hydrogen-bond donors (Lipinski definition) is 2. The number of aliphatic hydroxyl groups excluding tert-OH is 1. The minimum Gasteiger partial charge on any atom is -0.392 e. The van der Waals surface area contributed by atoms with Gasteiger partial charge >= 0.3 is 0 Å². The van der Waals surface area contributed by atoms with E-state index in [0.717, 1.165) is 37.6 Å². The number of thioether (sulfide) groups is 1. The molecule has 0 aromatic heterocycles. The van der Waals surface area contributed by atoms with E-state index < -0.39 is 6.10 Å². The standard InChI is InChI=1S/C20H35N3O3S/c1-6-21-19(20(3,4)5)27-14(2)22-18(25)17-11-16(24)13-23(17)12-15-7-9-26-10-8-15/h15-17,24H,2,6-13H2,1,3-5H3,(H,22,25). The van der Waals surface area contributed by atoms with Gasteiger partial charge in [0.15, 0.2) is 0 Å². The molecule has 0 aromatic rings. The molecule has 2 fully saturated rings. The van der Waals surface area contributed by atoms with E-state index in [4.69, 9.17) is 4.74 Å². The highest BCUT2D eigenvalue weighted by molar-refractivity contribution is 8.17. The van der Waals surface area contributed by atoms with Gasteiger partial charge in [0, 0.05) is 38.3 Å². The van der Waals surface area contributed by atoms with E-state index in [9.17, 15) is 9.90 Å². The SMILES string of the molecule is C=C(NC(=O)C1CC(O)CN1CC1CCOCC1)SC(=NCC)C(C)(C)C. The summed E-state index contributed by atoms with van der Waals surface area (Å²) in [5.74, 6) is 0.446. The highest BCUT2D eigenvalue weighted by atomic mass is 32.2. The van der Waals surface area contributed by atoms with Gasteiger partial charge in [-0.1, -0.05) is 39.1 Å². The zero-order valence-electron chi connectivity index (χ0n) is 17.2. The first kappa shape index (κ1) is 22.4. The summed E-state index contributed by atoms with van der Waals surface area (Å²) in [6, 6.07) is -0.304. The molecule has 2 rings (SSSR count). The molecule has 0 saturated carbocycles. The van der Waals surface area contributed by atoms with E-state index in [2.05, 4.69) is 42.6 Å². The maximum absolute atomic E-state index is 12.8. The molecule has 6 nitrogen and oxygen atoms in total. The van der Waals surface area contributed by atoms with Gasteiger partial charge < -0.3 is 15.2 Å². The Morgan fingerprint density at radius 2 is 2.04 bits per heavy atom. The number of amides is 1. The molecule has 2 saturated heterocycles. The number of ether oxygens (including phenoxy) is 1. The van der Waals surface area contributed by atoms with Crippen LogP contribution in [0.2, 0.25) is 0 Å². The van der Waals surface area contributed by atoms with Crippen molar-refractivity contribution in [3.05, 3.63) is 11.6 Å². The summed E-state index contributed by atoms with van der Waals surface area (Å²) in [7, 11) is 0. The first-order valence-corrected chi connectivity index (χ1v) is 10.7. The Morgan fingerprint density at radius 3 is 2.63 bits per heavy atom. The van der Waals surface area contributed by atoms with Crippen molar-refractivity contribution in [2.45, 2.75) is 59.1 Å². The molecule has 0 radical (unpaired) electrons. The van der Waals surface area contributed by atoms with Gasteiger partial charge in [-0.25, -0.2) is 0 Å². The Hall–Kier alpha value is -0.890. The molecule has 0 spiro atoms. The third kappa shape index (κ3) is 6.89. The number of rotatable bonds is 6. The van der Waals surface area contributed by atoms with Gasteiger partial charge in [-0.05, 0) is 32.1 Å². The van der Waals surface area contributed by atoms with Crippen LogP contribution in [0.1, 0.15) is 47.0 Å². The number of nitrogens with one attached hydrogen (secondary N) is 1. The molecule has 1 amide bonds. The summed E-state index contributed by atoms with van der Waals surface area (Å²) < 4.78 is 5.42. The zero-order chi connectivity index (χ0) is 20.0. The first-order valence-electron chi connectivity index (χ1n) is 9.93.